The van der Waals surface area contributed by atoms with Gasteiger partial charge in [-0.15, -0.1) is 0 Å². The predicted octanol–water partition coefficient (Wildman–Crippen LogP) is 10.3. The molecule has 0 saturated carbocycles. The van der Waals surface area contributed by atoms with E-state index in [2.05, 4.69) is 39.5 Å². The van der Waals surface area contributed by atoms with Crippen molar-refractivity contribution < 1.29 is 29.0 Å². The Morgan fingerprint density at radius 2 is 1.42 bits per heavy atom. The van der Waals surface area contributed by atoms with Crippen molar-refractivity contribution in [3.63, 3.8) is 0 Å². The van der Waals surface area contributed by atoms with Crippen LogP contribution in [0.3, 0.4) is 0 Å². The van der Waals surface area contributed by atoms with Crippen LogP contribution in [0.15, 0.2) is 188 Å². The lowest BCUT2D eigenvalue weighted by atomic mass is 9.65. The number of carbonyl (C=O) groups is 4. The minimum Gasteiger partial charge on any atom is -0.508 e. The first-order valence-electron chi connectivity index (χ1n) is 24.2. The molecule has 7 atom stereocenters. The van der Waals surface area contributed by atoms with Gasteiger partial charge in [0.2, 0.25) is 11.8 Å². The molecule has 11 rings (SSSR count). The summed E-state index contributed by atoms with van der Waals surface area (Å²) < 4.78 is 7.46. The van der Waals surface area contributed by atoms with Crippen LogP contribution in [0, 0.1) is 17.8 Å². The summed E-state index contributed by atoms with van der Waals surface area (Å²) in [4.78, 5) is 73.4. The van der Waals surface area contributed by atoms with E-state index in [-0.39, 0.29) is 16.6 Å². The first-order valence-corrected chi connectivity index (χ1v) is 25.0. The summed E-state index contributed by atoms with van der Waals surface area (Å²) >= 11 is 1.27. The standard InChI is InChI=1S/C60H50N6O6S/c1-38(41-21-9-4-10-22-41)61-59(71)65-48-34-29-39(20-17-35-64(2)37-40-18-7-3-8-19-40)36-46(48)60(57(65)70)50(55(68)63-58-62-47-27-15-16-28-49(47)73-58)52-56(69)72-53(43-25-13-6-14-26-43)51(42-23-11-5-12-24-42)66(52)54(60)44-30-32-45(67)33-31-44/h3-16,18-19,21-34,36,38,50-54,67H,35,37H2,1-2H3,(H,61,71)(H,62,63,68). The molecule has 13 heteroatoms. The number of morpholine rings is 1. The number of nitrogens with one attached hydrogen (secondary N) is 2. The van der Waals surface area contributed by atoms with Gasteiger partial charge in [0.05, 0.1) is 46.5 Å². The monoisotopic (exact) mass is 982 g/mol. The highest BCUT2D eigenvalue weighted by Gasteiger charge is 2.75. The van der Waals surface area contributed by atoms with Crippen LogP contribution in [0.2, 0.25) is 0 Å². The number of phenolic OH excluding ortho intramolecular Hbond substituents is 1. The van der Waals surface area contributed by atoms with Crippen LogP contribution in [0.5, 0.6) is 5.75 Å². The molecule has 7 unspecified atom stereocenters. The number of amides is 4. The van der Waals surface area contributed by atoms with Crippen molar-refractivity contribution in [2.24, 2.45) is 5.92 Å². The number of cyclic esters (lactones) is 1. The average molecular weight is 983 g/mol. The van der Waals surface area contributed by atoms with Gasteiger partial charge >= 0.3 is 12.0 Å². The van der Waals surface area contributed by atoms with Gasteiger partial charge in [0.1, 0.15) is 23.3 Å². The average Bonchev–Trinajstić information content (AvgIpc) is 4.08. The fourth-order valence-electron chi connectivity index (χ4n) is 11.1. The molecule has 0 bridgehead atoms. The molecule has 7 aromatic carbocycles. The molecule has 8 aromatic rings. The fraction of sp³-hybridized carbons (Fsp3) is 0.183. The molecule has 1 spiro atoms. The number of ether oxygens (including phenoxy) is 1. The van der Waals surface area contributed by atoms with Crippen molar-refractivity contribution in [1.82, 2.24) is 20.1 Å². The van der Waals surface area contributed by atoms with Crippen molar-refractivity contribution >= 4 is 56.2 Å². The maximum absolute atomic E-state index is 16.7. The number of nitrogens with zero attached hydrogens (tertiary/aromatic N) is 4. The van der Waals surface area contributed by atoms with Crippen LogP contribution in [-0.4, -0.2) is 63.3 Å². The second kappa shape index (κ2) is 19.7. The molecular weight excluding hydrogens is 933 g/mol. The summed E-state index contributed by atoms with van der Waals surface area (Å²) in [5.41, 5.74) is 3.65. The van der Waals surface area contributed by atoms with E-state index in [0.717, 1.165) is 26.3 Å². The van der Waals surface area contributed by atoms with Crippen molar-refractivity contribution in [3.05, 3.63) is 227 Å². The van der Waals surface area contributed by atoms with Gasteiger partial charge in [-0.25, -0.2) is 14.7 Å². The van der Waals surface area contributed by atoms with Crippen LogP contribution in [0.1, 0.15) is 70.1 Å². The number of hydrogen-bond donors (Lipinski definition) is 3. The second-order valence-electron chi connectivity index (χ2n) is 18.7. The van der Waals surface area contributed by atoms with Crippen LogP contribution in [0.4, 0.5) is 15.6 Å². The molecule has 4 amide bonds. The van der Waals surface area contributed by atoms with Gasteiger partial charge in [0.15, 0.2) is 5.13 Å². The van der Waals surface area contributed by atoms with Crippen molar-refractivity contribution in [3.8, 4) is 17.6 Å². The minimum absolute atomic E-state index is 0.0267. The molecule has 2 fully saturated rings. The fourth-order valence-corrected chi connectivity index (χ4v) is 11.9. The lowest BCUT2D eigenvalue weighted by Crippen LogP contribution is -2.55. The van der Waals surface area contributed by atoms with Crippen LogP contribution < -0.4 is 15.5 Å². The molecule has 1 aromatic heterocycles. The number of anilines is 2. The SMILES string of the molecule is CC(NC(=O)N1C(=O)C2(c3cc(C#CCN(C)Cc4ccccc4)ccc31)C(C(=O)Nc1nc3ccccc3s1)C1C(=O)OC(c3ccccc3)C(c3ccccc3)N1C2c1ccc(O)cc1)c1ccccc1. The maximum Gasteiger partial charge on any atom is 0.329 e. The van der Waals surface area contributed by atoms with E-state index in [1.165, 1.54) is 23.5 Å². The summed E-state index contributed by atoms with van der Waals surface area (Å²) in [6.07, 6.45) is -0.915. The number of fused-ring (bicyclic) bond motifs is 4. The quantitative estimate of drug-likeness (QED) is 0.0901. The first kappa shape index (κ1) is 46.9. The zero-order chi connectivity index (χ0) is 50.2. The lowest BCUT2D eigenvalue weighted by Gasteiger charge is -2.46. The van der Waals surface area contributed by atoms with E-state index in [4.69, 9.17) is 9.72 Å². The van der Waals surface area contributed by atoms with E-state index in [9.17, 15) is 5.11 Å². The van der Waals surface area contributed by atoms with Gasteiger partial charge < -0.3 is 20.5 Å². The molecule has 0 aliphatic carbocycles. The number of hydrogen-bond acceptors (Lipinski definition) is 10. The molecule has 12 nitrogen and oxygen atoms in total. The Morgan fingerprint density at radius 3 is 2.12 bits per heavy atom. The summed E-state index contributed by atoms with van der Waals surface area (Å²) in [6, 6.07) is 53.2. The number of urea groups is 1. The van der Waals surface area contributed by atoms with E-state index in [1.54, 1.807) is 30.3 Å². The zero-order valence-electron chi connectivity index (χ0n) is 40.0. The number of esters is 1. The summed E-state index contributed by atoms with van der Waals surface area (Å²) in [6.45, 7) is 2.92. The summed E-state index contributed by atoms with van der Waals surface area (Å²) in [7, 11) is 1.99. The number of benzene rings is 7. The Morgan fingerprint density at radius 1 is 0.781 bits per heavy atom. The molecule has 0 radical (unpaired) electrons. The molecule has 3 aliphatic rings. The Labute approximate surface area is 426 Å². The van der Waals surface area contributed by atoms with Gasteiger partial charge in [0.25, 0.3) is 0 Å². The van der Waals surface area contributed by atoms with Crippen molar-refractivity contribution in [2.75, 3.05) is 23.8 Å². The minimum atomic E-state index is -2.04. The topological polar surface area (TPSA) is 144 Å². The molecule has 2 saturated heterocycles. The van der Waals surface area contributed by atoms with Gasteiger partial charge in [-0.05, 0) is 89.8 Å². The number of rotatable bonds is 10. The third kappa shape index (κ3) is 8.59. The maximum atomic E-state index is 16.7. The smallest absolute Gasteiger partial charge is 0.329 e. The number of imide groups is 1. The Bertz CT molecular complexity index is 3390. The second-order valence-corrected chi connectivity index (χ2v) is 19.8. The third-order valence-electron chi connectivity index (χ3n) is 14.2. The number of aromatic hydroxyl groups is 1. The van der Waals surface area contributed by atoms with E-state index < -0.39 is 65.4 Å². The van der Waals surface area contributed by atoms with Gasteiger partial charge in [-0.1, -0.05) is 169 Å². The molecule has 4 heterocycles. The Hall–Kier alpha value is -8.41. The highest BCUT2D eigenvalue weighted by atomic mass is 32.1. The highest BCUT2D eigenvalue weighted by molar-refractivity contribution is 7.22. The van der Waals surface area contributed by atoms with Gasteiger partial charge in [-0.3, -0.25) is 24.2 Å². The third-order valence-corrected chi connectivity index (χ3v) is 15.1. The summed E-state index contributed by atoms with van der Waals surface area (Å²) in [5, 5.41) is 17.3. The largest absolute Gasteiger partial charge is 0.508 e. The van der Waals surface area contributed by atoms with Crippen molar-refractivity contribution in [1.29, 1.82) is 0 Å². The van der Waals surface area contributed by atoms with E-state index in [1.807, 2.05) is 152 Å². The number of carbonyl (C=O) groups excluding carboxylic acids is 4. The van der Waals surface area contributed by atoms with Crippen molar-refractivity contribution in [2.45, 2.75) is 49.2 Å². The first-order chi connectivity index (χ1) is 35.6. The highest BCUT2D eigenvalue weighted by Crippen LogP contribution is 2.66. The number of para-hydroxylation sites is 1. The van der Waals surface area contributed by atoms with Crippen LogP contribution in [0.25, 0.3) is 10.2 Å². The number of phenols is 1. The number of aromatic nitrogens is 1. The van der Waals surface area contributed by atoms with Crippen LogP contribution >= 0.6 is 11.3 Å². The predicted molar refractivity (Wildman–Crippen MR) is 281 cm³/mol. The lowest BCUT2D eigenvalue weighted by molar-refractivity contribution is -0.177. The summed E-state index contributed by atoms with van der Waals surface area (Å²) in [5.74, 6) is 2.96. The Kier molecular flexibility index (Phi) is 12.6. The Balaban J connectivity index is 1.15. The van der Waals surface area contributed by atoms with Gasteiger partial charge in [0, 0.05) is 12.1 Å². The van der Waals surface area contributed by atoms with E-state index in [0.29, 0.717) is 40.9 Å². The normalized spacial score (nSPS) is 21.5. The zero-order valence-corrected chi connectivity index (χ0v) is 40.8. The number of thiazole rings is 1. The molecule has 3 N–H and O–H groups in total. The molecular formula is C60H50N6O6S. The van der Waals surface area contributed by atoms with Crippen LogP contribution in [-0.2, 0) is 31.1 Å². The van der Waals surface area contributed by atoms with Gasteiger partial charge in [-0.2, -0.15) is 0 Å². The molecule has 3 aliphatic heterocycles. The molecule has 73 heavy (non-hydrogen) atoms. The van der Waals surface area contributed by atoms with E-state index >= 15 is 19.2 Å². The molecule has 362 valence electrons.